The first-order chi connectivity index (χ1) is 10.3. The summed E-state index contributed by atoms with van der Waals surface area (Å²) in [5.41, 5.74) is 0. The molecule has 0 amide bonds. The van der Waals surface area contributed by atoms with Gasteiger partial charge in [-0.15, -0.1) is 0 Å². The third kappa shape index (κ3) is 2.56. The maximum atomic E-state index is 6.17. The number of anilines is 2. The van der Waals surface area contributed by atoms with Crippen molar-refractivity contribution in [1.29, 1.82) is 0 Å². The minimum atomic E-state index is 0.334. The lowest BCUT2D eigenvalue weighted by Crippen LogP contribution is -2.36. The van der Waals surface area contributed by atoms with Gasteiger partial charge in [0.1, 0.15) is 0 Å². The molecule has 3 fully saturated rings. The Hall–Kier alpha value is -1.10. The Balaban J connectivity index is 1.62. The molecule has 3 heterocycles. The smallest absolute Gasteiger partial charge is 0.231 e. The number of fused-ring (bicyclic) bond motifs is 1. The van der Waals surface area contributed by atoms with E-state index in [1.165, 1.54) is 44.9 Å². The molecule has 114 valence electrons. The summed E-state index contributed by atoms with van der Waals surface area (Å²) < 4.78 is 0. The number of aromatic nitrogens is 3. The van der Waals surface area contributed by atoms with Gasteiger partial charge in [0.05, 0.1) is 0 Å². The Labute approximate surface area is 130 Å². The molecule has 0 radical (unpaired) electrons. The quantitative estimate of drug-likeness (QED) is 0.840. The normalized spacial score (nSPS) is 29.0. The number of hydrogen-bond donors (Lipinski definition) is 0. The summed E-state index contributed by atoms with van der Waals surface area (Å²) in [7, 11) is 0. The van der Waals surface area contributed by atoms with Crippen LogP contribution in [0.4, 0.5) is 11.9 Å². The van der Waals surface area contributed by atoms with Gasteiger partial charge < -0.3 is 9.80 Å². The van der Waals surface area contributed by atoms with Crippen molar-refractivity contribution in [3.05, 3.63) is 5.28 Å². The van der Waals surface area contributed by atoms with Gasteiger partial charge in [-0.3, -0.25) is 0 Å². The molecule has 0 bridgehead atoms. The van der Waals surface area contributed by atoms with Crippen LogP contribution in [-0.4, -0.2) is 40.6 Å². The fourth-order valence-corrected chi connectivity index (χ4v) is 4.32. The van der Waals surface area contributed by atoms with Crippen LogP contribution in [0.5, 0.6) is 0 Å². The minimum absolute atomic E-state index is 0.334. The monoisotopic (exact) mass is 307 g/mol. The van der Waals surface area contributed by atoms with Crippen LogP contribution in [0.25, 0.3) is 0 Å². The highest BCUT2D eigenvalue weighted by atomic mass is 35.5. The second kappa shape index (κ2) is 5.59. The van der Waals surface area contributed by atoms with Gasteiger partial charge in [0.25, 0.3) is 0 Å². The van der Waals surface area contributed by atoms with E-state index in [4.69, 9.17) is 16.6 Å². The molecule has 3 aliphatic rings. The van der Waals surface area contributed by atoms with Gasteiger partial charge in [0.2, 0.25) is 17.2 Å². The summed E-state index contributed by atoms with van der Waals surface area (Å²) in [5, 5.41) is 0.334. The summed E-state index contributed by atoms with van der Waals surface area (Å²) in [4.78, 5) is 18.1. The Morgan fingerprint density at radius 3 is 2.43 bits per heavy atom. The van der Waals surface area contributed by atoms with Crippen LogP contribution in [0.2, 0.25) is 5.28 Å². The Morgan fingerprint density at radius 1 is 0.810 bits per heavy atom. The van der Waals surface area contributed by atoms with Gasteiger partial charge in [0.15, 0.2) is 0 Å². The molecule has 1 saturated carbocycles. The summed E-state index contributed by atoms with van der Waals surface area (Å²) in [6.07, 6.45) is 9.04. The van der Waals surface area contributed by atoms with Crippen molar-refractivity contribution in [2.75, 3.05) is 29.4 Å². The summed E-state index contributed by atoms with van der Waals surface area (Å²) in [6.45, 7) is 3.13. The van der Waals surface area contributed by atoms with Crippen LogP contribution in [0.15, 0.2) is 0 Å². The molecule has 0 N–H and O–H groups in total. The first-order valence-electron chi connectivity index (χ1n) is 8.24. The molecular formula is C15H22ClN5. The summed E-state index contributed by atoms with van der Waals surface area (Å²) in [5.74, 6) is 2.39. The van der Waals surface area contributed by atoms with E-state index >= 15 is 0 Å². The SMILES string of the molecule is Clc1nc(N2CCCC2)nc(N2CCC3CCCCC32)n1. The van der Waals surface area contributed by atoms with E-state index in [-0.39, 0.29) is 0 Å². The average molecular weight is 308 g/mol. The van der Waals surface area contributed by atoms with E-state index in [2.05, 4.69) is 19.8 Å². The van der Waals surface area contributed by atoms with E-state index in [0.717, 1.165) is 37.4 Å². The molecule has 1 aromatic heterocycles. The fourth-order valence-electron chi connectivity index (χ4n) is 4.17. The van der Waals surface area contributed by atoms with E-state index in [1.807, 2.05) is 0 Å². The van der Waals surface area contributed by atoms with Gasteiger partial charge >= 0.3 is 0 Å². The second-order valence-corrected chi connectivity index (χ2v) is 6.83. The van der Waals surface area contributed by atoms with Crippen molar-refractivity contribution in [2.24, 2.45) is 5.92 Å². The Morgan fingerprint density at radius 2 is 1.57 bits per heavy atom. The topological polar surface area (TPSA) is 45.2 Å². The number of nitrogens with zero attached hydrogens (tertiary/aromatic N) is 5. The highest BCUT2D eigenvalue weighted by molar-refractivity contribution is 6.28. The van der Waals surface area contributed by atoms with E-state index < -0.39 is 0 Å². The third-order valence-corrected chi connectivity index (χ3v) is 5.41. The average Bonchev–Trinajstić information content (AvgIpc) is 3.16. The van der Waals surface area contributed by atoms with E-state index in [0.29, 0.717) is 11.3 Å². The van der Waals surface area contributed by atoms with Crippen LogP contribution in [0, 0.1) is 5.92 Å². The maximum absolute atomic E-state index is 6.17. The van der Waals surface area contributed by atoms with Crippen molar-refractivity contribution in [3.8, 4) is 0 Å². The number of halogens is 1. The first-order valence-corrected chi connectivity index (χ1v) is 8.62. The van der Waals surface area contributed by atoms with Gasteiger partial charge in [-0.25, -0.2) is 0 Å². The van der Waals surface area contributed by atoms with Gasteiger partial charge in [-0.05, 0) is 49.6 Å². The Kier molecular flexibility index (Phi) is 3.61. The predicted molar refractivity (Wildman–Crippen MR) is 84.0 cm³/mol. The van der Waals surface area contributed by atoms with Crippen molar-refractivity contribution in [1.82, 2.24) is 15.0 Å². The lowest BCUT2D eigenvalue weighted by atomic mass is 9.85. The highest BCUT2D eigenvalue weighted by Gasteiger charge is 2.37. The molecule has 2 unspecified atom stereocenters. The zero-order valence-electron chi connectivity index (χ0n) is 12.3. The van der Waals surface area contributed by atoms with Crippen molar-refractivity contribution < 1.29 is 0 Å². The molecule has 21 heavy (non-hydrogen) atoms. The van der Waals surface area contributed by atoms with E-state index in [1.54, 1.807) is 0 Å². The van der Waals surface area contributed by atoms with Crippen LogP contribution in [0.1, 0.15) is 44.9 Å². The highest BCUT2D eigenvalue weighted by Crippen LogP contribution is 2.38. The zero-order valence-corrected chi connectivity index (χ0v) is 13.1. The lowest BCUT2D eigenvalue weighted by Gasteiger charge is -2.32. The standard InChI is InChI=1S/C15H22ClN5/c16-13-17-14(20-8-3-4-9-20)19-15(18-13)21-10-7-11-5-1-2-6-12(11)21/h11-12H,1-10H2. The molecular weight excluding hydrogens is 286 g/mol. The van der Waals surface area contributed by atoms with Crippen molar-refractivity contribution in [3.63, 3.8) is 0 Å². The van der Waals surface area contributed by atoms with Crippen LogP contribution in [-0.2, 0) is 0 Å². The molecule has 2 atom stereocenters. The molecule has 0 spiro atoms. The lowest BCUT2D eigenvalue weighted by molar-refractivity contribution is 0.340. The van der Waals surface area contributed by atoms with Crippen molar-refractivity contribution in [2.45, 2.75) is 51.0 Å². The van der Waals surface area contributed by atoms with Gasteiger partial charge in [0, 0.05) is 25.7 Å². The molecule has 2 saturated heterocycles. The molecule has 1 aromatic rings. The van der Waals surface area contributed by atoms with Crippen LogP contribution < -0.4 is 9.80 Å². The molecule has 2 aliphatic heterocycles. The van der Waals surface area contributed by atoms with Gasteiger partial charge in [-0.2, -0.15) is 15.0 Å². The maximum Gasteiger partial charge on any atom is 0.231 e. The molecule has 5 nitrogen and oxygen atoms in total. The third-order valence-electron chi connectivity index (χ3n) is 5.24. The summed E-state index contributed by atoms with van der Waals surface area (Å²) in [6, 6.07) is 0.614. The zero-order chi connectivity index (χ0) is 14.2. The minimum Gasteiger partial charge on any atom is -0.341 e. The molecule has 1 aliphatic carbocycles. The fraction of sp³-hybridized carbons (Fsp3) is 0.800. The second-order valence-electron chi connectivity index (χ2n) is 6.49. The summed E-state index contributed by atoms with van der Waals surface area (Å²) >= 11 is 6.17. The Bertz CT molecular complexity index is 517. The van der Waals surface area contributed by atoms with Gasteiger partial charge in [-0.1, -0.05) is 12.8 Å². The van der Waals surface area contributed by atoms with Crippen molar-refractivity contribution >= 4 is 23.5 Å². The van der Waals surface area contributed by atoms with E-state index in [9.17, 15) is 0 Å². The first kappa shape index (κ1) is 13.6. The molecule has 6 heteroatoms. The molecule has 4 rings (SSSR count). The van der Waals surface area contributed by atoms with Crippen LogP contribution >= 0.6 is 11.6 Å². The van der Waals surface area contributed by atoms with Crippen LogP contribution in [0.3, 0.4) is 0 Å². The number of rotatable bonds is 2. The predicted octanol–water partition coefficient (Wildman–Crippen LogP) is 2.89. The number of hydrogen-bond acceptors (Lipinski definition) is 5. The molecule has 0 aromatic carbocycles. The largest absolute Gasteiger partial charge is 0.341 e.